The maximum Gasteiger partial charge on any atom is 0.236 e. The fourth-order valence-corrected chi connectivity index (χ4v) is 6.10. The van der Waals surface area contributed by atoms with E-state index in [4.69, 9.17) is 10.1 Å². The number of halogens is 1. The third-order valence-corrected chi connectivity index (χ3v) is 8.05. The number of carbonyl (C=O) groups excluding carboxylic acids is 1. The van der Waals surface area contributed by atoms with Crippen LogP contribution in [0.2, 0.25) is 0 Å². The van der Waals surface area contributed by atoms with Crippen LogP contribution >= 0.6 is 27.3 Å². The molecular formula is C24H22BrN3O2S. The van der Waals surface area contributed by atoms with E-state index in [1.165, 1.54) is 10.5 Å². The molecule has 2 aromatic heterocycles. The lowest BCUT2D eigenvalue weighted by Gasteiger charge is -2.44. The van der Waals surface area contributed by atoms with Gasteiger partial charge in [-0.15, -0.1) is 11.3 Å². The standard InChI is InChI=1S/C24H22BrN3O2S/c1-24(20-9-17(13-31-20)16-7-18(25)12-27-11-16)10-21(26)28(2)23(29)22(24)15-4-3-14-5-6-30-19(14)8-15/h3-4,7-9,11-13,22,26H,5-6,10H2,1-2H3/t22-,24+/m0/s1. The highest BCUT2D eigenvalue weighted by Gasteiger charge is 2.49. The fourth-order valence-electron chi connectivity index (χ4n) is 4.63. The number of likely N-dealkylation sites (tertiary alicyclic amines) is 1. The van der Waals surface area contributed by atoms with Crippen molar-refractivity contribution in [2.75, 3.05) is 13.7 Å². The number of amidine groups is 1. The van der Waals surface area contributed by atoms with E-state index in [1.54, 1.807) is 24.6 Å². The topological polar surface area (TPSA) is 66.3 Å². The molecule has 1 N–H and O–H groups in total. The summed E-state index contributed by atoms with van der Waals surface area (Å²) in [5.41, 5.74) is 3.72. The molecule has 2 aliphatic heterocycles. The van der Waals surface area contributed by atoms with Crippen LogP contribution in [0.1, 0.15) is 35.3 Å². The average molecular weight is 496 g/mol. The Balaban J connectivity index is 1.60. The number of fused-ring (bicyclic) bond motifs is 1. The molecule has 7 heteroatoms. The minimum absolute atomic E-state index is 0.0456. The summed E-state index contributed by atoms with van der Waals surface area (Å²) < 4.78 is 6.71. The number of likely N-dealkylation sites (N-methyl/N-ethyl adjacent to an activating group) is 1. The first kappa shape index (κ1) is 20.4. The number of hydrogen-bond acceptors (Lipinski definition) is 5. The maximum absolute atomic E-state index is 13.5. The van der Waals surface area contributed by atoms with Crippen LogP contribution in [0, 0.1) is 5.41 Å². The van der Waals surface area contributed by atoms with E-state index in [-0.39, 0.29) is 11.8 Å². The van der Waals surface area contributed by atoms with Crippen molar-refractivity contribution in [3.8, 4) is 16.9 Å². The van der Waals surface area contributed by atoms with Gasteiger partial charge in [-0.3, -0.25) is 15.2 Å². The molecule has 1 fully saturated rings. The number of thiophene rings is 1. The van der Waals surface area contributed by atoms with E-state index in [0.29, 0.717) is 18.9 Å². The normalized spacial score (nSPS) is 23.1. The Kier molecular flexibility index (Phi) is 4.98. The lowest BCUT2D eigenvalue weighted by molar-refractivity contribution is -0.131. The molecule has 3 aromatic rings. The molecule has 0 spiro atoms. The zero-order chi connectivity index (χ0) is 21.8. The third-order valence-electron chi connectivity index (χ3n) is 6.41. The molecule has 0 unspecified atom stereocenters. The van der Waals surface area contributed by atoms with Crippen LogP contribution in [0.5, 0.6) is 5.75 Å². The highest BCUT2D eigenvalue weighted by molar-refractivity contribution is 9.10. The predicted octanol–water partition coefficient (Wildman–Crippen LogP) is 5.39. The van der Waals surface area contributed by atoms with Gasteiger partial charge in [0.25, 0.3) is 0 Å². The van der Waals surface area contributed by atoms with Gasteiger partial charge < -0.3 is 9.64 Å². The van der Waals surface area contributed by atoms with Gasteiger partial charge in [0.05, 0.1) is 12.5 Å². The van der Waals surface area contributed by atoms with E-state index in [1.807, 2.05) is 18.3 Å². The van der Waals surface area contributed by atoms with Crippen LogP contribution in [0.25, 0.3) is 11.1 Å². The number of carbonyl (C=O) groups is 1. The number of pyridine rings is 1. The lowest BCUT2D eigenvalue weighted by Crippen LogP contribution is -2.51. The minimum Gasteiger partial charge on any atom is -0.493 e. The first-order valence-corrected chi connectivity index (χ1v) is 11.8. The second-order valence-electron chi connectivity index (χ2n) is 8.43. The van der Waals surface area contributed by atoms with E-state index < -0.39 is 5.41 Å². The van der Waals surface area contributed by atoms with E-state index in [2.05, 4.69) is 51.4 Å². The summed E-state index contributed by atoms with van der Waals surface area (Å²) in [5, 5.41) is 10.6. The number of aromatic nitrogens is 1. The molecular weight excluding hydrogens is 474 g/mol. The number of hydrogen-bond donors (Lipinski definition) is 1. The first-order chi connectivity index (χ1) is 14.9. The number of nitrogens with zero attached hydrogens (tertiary/aromatic N) is 2. The fraction of sp³-hybridized carbons (Fsp3) is 0.292. The van der Waals surface area contributed by atoms with E-state index >= 15 is 0 Å². The average Bonchev–Trinajstić information content (AvgIpc) is 3.42. The summed E-state index contributed by atoms with van der Waals surface area (Å²) >= 11 is 5.13. The maximum atomic E-state index is 13.5. The van der Waals surface area contributed by atoms with Crippen molar-refractivity contribution in [2.45, 2.75) is 31.1 Å². The van der Waals surface area contributed by atoms with Gasteiger partial charge in [-0.2, -0.15) is 0 Å². The van der Waals surface area contributed by atoms with Gasteiger partial charge in [-0.05, 0) is 56.2 Å². The molecule has 5 nitrogen and oxygen atoms in total. The smallest absolute Gasteiger partial charge is 0.236 e. The van der Waals surface area contributed by atoms with Gasteiger partial charge in [-0.1, -0.05) is 19.1 Å². The molecule has 1 saturated heterocycles. The van der Waals surface area contributed by atoms with Crippen molar-refractivity contribution in [1.82, 2.24) is 9.88 Å². The zero-order valence-electron chi connectivity index (χ0n) is 17.3. The minimum atomic E-state index is -0.518. The Hall–Kier alpha value is -2.51. The van der Waals surface area contributed by atoms with Crippen LogP contribution in [0.4, 0.5) is 0 Å². The highest BCUT2D eigenvalue weighted by Crippen LogP contribution is 2.49. The molecule has 0 saturated carbocycles. The molecule has 31 heavy (non-hydrogen) atoms. The Morgan fingerprint density at radius 3 is 2.90 bits per heavy atom. The Morgan fingerprint density at radius 2 is 2.10 bits per heavy atom. The molecule has 2 aliphatic rings. The lowest BCUT2D eigenvalue weighted by atomic mass is 9.67. The SMILES string of the molecule is CN1C(=N)C[C@](C)(c2cc(-c3cncc(Br)c3)cs2)[C@@H](c2ccc3c(c2)OCC3)C1=O. The van der Waals surface area contributed by atoms with Gasteiger partial charge in [0.15, 0.2) is 0 Å². The van der Waals surface area contributed by atoms with Crippen molar-refractivity contribution < 1.29 is 9.53 Å². The van der Waals surface area contributed by atoms with Crippen molar-refractivity contribution in [1.29, 1.82) is 5.41 Å². The molecule has 2 atom stereocenters. The van der Waals surface area contributed by atoms with Crippen LogP contribution in [0.3, 0.4) is 0 Å². The van der Waals surface area contributed by atoms with Crippen LogP contribution < -0.4 is 4.74 Å². The highest BCUT2D eigenvalue weighted by atomic mass is 79.9. The monoisotopic (exact) mass is 495 g/mol. The third kappa shape index (κ3) is 3.40. The molecule has 5 rings (SSSR count). The molecule has 0 aliphatic carbocycles. The largest absolute Gasteiger partial charge is 0.493 e. The van der Waals surface area contributed by atoms with Crippen LogP contribution in [-0.4, -0.2) is 35.3 Å². The summed E-state index contributed by atoms with van der Waals surface area (Å²) in [4.78, 5) is 20.3. The van der Waals surface area contributed by atoms with E-state index in [0.717, 1.165) is 38.2 Å². The predicted molar refractivity (Wildman–Crippen MR) is 126 cm³/mol. The van der Waals surface area contributed by atoms with Gasteiger partial charge in [-0.25, -0.2) is 0 Å². The van der Waals surface area contributed by atoms with Crippen molar-refractivity contribution in [3.05, 3.63) is 68.6 Å². The quantitative estimate of drug-likeness (QED) is 0.529. The molecule has 4 heterocycles. The molecule has 0 bridgehead atoms. The van der Waals surface area contributed by atoms with Crippen molar-refractivity contribution in [3.63, 3.8) is 0 Å². The van der Waals surface area contributed by atoms with Gasteiger partial charge in [0.2, 0.25) is 5.91 Å². The van der Waals surface area contributed by atoms with Crippen LogP contribution in [0.15, 0.2) is 52.6 Å². The number of rotatable bonds is 3. The summed E-state index contributed by atoms with van der Waals surface area (Å²) in [6.45, 7) is 2.80. The Labute approximate surface area is 193 Å². The van der Waals surface area contributed by atoms with Gasteiger partial charge in [0, 0.05) is 52.6 Å². The number of piperidine rings is 1. The second-order valence-corrected chi connectivity index (χ2v) is 10.3. The first-order valence-electron chi connectivity index (χ1n) is 10.2. The zero-order valence-corrected chi connectivity index (χ0v) is 19.7. The number of amides is 1. The second kappa shape index (κ2) is 7.57. The summed E-state index contributed by atoms with van der Waals surface area (Å²) in [6.07, 6.45) is 5.01. The van der Waals surface area contributed by atoms with Crippen molar-refractivity contribution in [2.24, 2.45) is 0 Å². The molecule has 0 radical (unpaired) electrons. The van der Waals surface area contributed by atoms with Gasteiger partial charge >= 0.3 is 0 Å². The number of ether oxygens (including phenoxy) is 1. The molecule has 1 aromatic carbocycles. The Morgan fingerprint density at radius 1 is 1.26 bits per heavy atom. The van der Waals surface area contributed by atoms with E-state index in [9.17, 15) is 4.79 Å². The van der Waals surface area contributed by atoms with Crippen molar-refractivity contribution >= 4 is 39.0 Å². The molecule has 158 valence electrons. The number of nitrogens with one attached hydrogen (secondary N) is 1. The number of benzene rings is 1. The molecule has 1 amide bonds. The summed E-state index contributed by atoms with van der Waals surface area (Å²) in [6, 6.07) is 10.4. The summed E-state index contributed by atoms with van der Waals surface area (Å²) in [7, 11) is 1.70. The van der Waals surface area contributed by atoms with Gasteiger partial charge in [0.1, 0.15) is 11.6 Å². The Bertz CT molecular complexity index is 1210. The van der Waals surface area contributed by atoms with Crippen LogP contribution in [-0.2, 0) is 16.6 Å². The summed E-state index contributed by atoms with van der Waals surface area (Å²) in [5.74, 6) is 0.798.